The molecule has 3 N–H and O–H groups in total. The van der Waals surface area contributed by atoms with Crippen molar-refractivity contribution in [1.29, 1.82) is 0 Å². The Kier molecular flexibility index (Phi) is 4.75. The van der Waals surface area contributed by atoms with Crippen LogP contribution in [-0.2, 0) is 6.42 Å². The van der Waals surface area contributed by atoms with Gasteiger partial charge in [0, 0.05) is 13.1 Å². The third-order valence-electron chi connectivity index (χ3n) is 2.91. The van der Waals surface area contributed by atoms with Gasteiger partial charge < -0.3 is 15.7 Å². The van der Waals surface area contributed by atoms with Crippen LogP contribution in [-0.4, -0.2) is 30.8 Å². The van der Waals surface area contributed by atoms with Crippen molar-refractivity contribution in [1.82, 2.24) is 10.6 Å². The number of fused-ring (bicyclic) bond motifs is 1. The minimum absolute atomic E-state index is 0.0436. The van der Waals surface area contributed by atoms with Gasteiger partial charge in [-0.05, 0) is 22.8 Å². The molecule has 0 heterocycles. The zero-order valence-electron chi connectivity index (χ0n) is 10.7. The molecule has 2 aromatic rings. The van der Waals surface area contributed by atoms with E-state index in [1.807, 2.05) is 12.1 Å². The molecule has 0 aromatic heterocycles. The number of hydrogen-bond acceptors (Lipinski definition) is 2. The molecular weight excluding hydrogens is 240 g/mol. The number of aliphatic hydroxyl groups is 1. The molecule has 0 unspecified atom stereocenters. The van der Waals surface area contributed by atoms with Gasteiger partial charge >= 0.3 is 6.03 Å². The zero-order valence-corrected chi connectivity index (χ0v) is 10.7. The maximum atomic E-state index is 11.3. The highest BCUT2D eigenvalue weighted by molar-refractivity contribution is 5.83. The van der Waals surface area contributed by atoms with Gasteiger partial charge in [-0.3, -0.25) is 0 Å². The van der Waals surface area contributed by atoms with Crippen molar-refractivity contribution < 1.29 is 9.90 Å². The van der Waals surface area contributed by atoms with Crippen molar-refractivity contribution in [3.05, 3.63) is 48.0 Å². The molecular formula is C15H18N2O2. The van der Waals surface area contributed by atoms with Crippen LogP contribution >= 0.6 is 0 Å². The van der Waals surface area contributed by atoms with E-state index in [0.717, 1.165) is 6.42 Å². The SMILES string of the molecule is O=C(NCCO)NCCc1ccc2ccccc2c1. The van der Waals surface area contributed by atoms with Crippen LogP contribution < -0.4 is 10.6 Å². The summed E-state index contributed by atoms with van der Waals surface area (Å²) in [5.74, 6) is 0. The molecule has 0 fully saturated rings. The molecule has 2 aromatic carbocycles. The Hall–Kier alpha value is -2.07. The van der Waals surface area contributed by atoms with Crippen LogP contribution in [0.4, 0.5) is 4.79 Å². The third-order valence-corrected chi connectivity index (χ3v) is 2.91. The van der Waals surface area contributed by atoms with Gasteiger partial charge in [-0.2, -0.15) is 0 Å². The van der Waals surface area contributed by atoms with Crippen LogP contribution in [0, 0.1) is 0 Å². The Labute approximate surface area is 112 Å². The second-order valence-corrected chi connectivity index (χ2v) is 4.34. The van der Waals surface area contributed by atoms with Gasteiger partial charge in [-0.15, -0.1) is 0 Å². The molecule has 4 heteroatoms. The molecule has 0 saturated heterocycles. The topological polar surface area (TPSA) is 61.4 Å². The fraction of sp³-hybridized carbons (Fsp3) is 0.267. The van der Waals surface area contributed by atoms with Crippen molar-refractivity contribution in [2.75, 3.05) is 19.7 Å². The molecule has 4 nitrogen and oxygen atoms in total. The minimum atomic E-state index is -0.241. The number of urea groups is 1. The third kappa shape index (κ3) is 3.96. The second kappa shape index (κ2) is 6.75. The summed E-state index contributed by atoms with van der Waals surface area (Å²) in [5, 5.41) is 16.3. The lowest BCUT2D eigenvalue weighted by Gasteiger charge is -2.07. The van der Waals surface area contributed by atoms with E-state index in [9.17, 15) is 4.79 Å². The highest BCUT2D eigenvalue weighted by Crippen LogP contribution is 2.15. The standard InChI is InChI=1S/C15H18N2O2/c18-10-9-17-15(19)16-8-7-12-5-6-13-3-1-2-4-14(13)11-12/h1-6,11,18H,7-10H2,(H2,16,17,19). The van der Waals surface area contributed by atoms with E-state index in [2.05, 4.69) is 41.0 Å². The van der Waals surface area contributed by atoms with Crippen molar-refractivity contribution in [3.63, 3.8) is 0 Å². The van der Waals surface area contributed by atoms with E-state index < -0.39 is 0 Å². The Morgan fingerprint density at radius 1 is 1.00 bits per heavy atom. The monoisotopic (exact) mass is 258 g/mol. The van der Waals surface area contributed by atoms with Gasteiger partial charge in [0.1, 0.15) is 0 Å². The first-order valence-corrected chi connectivity index (χ1v) is 6.40. The first-order valence-electron chi connectivity index (χ1n) is 6.40. The average Bonchev–Trinajstić information content (AvgIpc) is 2.45. The predicted octanol–water partition coefficient (Wildman–Crippen LogP) is 1.67. The van der Waals surface area contributed by atoms with Gasteiger partial charge in [0.15, 0.2) is 0 Å². The molecule has 19 heavy (non-hydrogen) atoms. The van der Waals surface area contributed by atoms with Gasteiger partial charge in [0.05, 0.1) is 6.61 Å². The molecule has 0 aliphatic rings. The predicted molar refractivity (Wildman–Crippen MR) is 76.1 cm³/mol. The quantitative estimate of drug-likeness (QED) is 0.764. The Morgan fingerprint density at radius 2 is 1.74 bits per heavy atom. The van der Waals surface area contributed by atoms with Crippen LogP contribution in [0.1, 0.15) is 5.56 Å². The summed E-state index contributed by atoms with van der Waals surface area (Å²) in [6, 6.07) is 14.3. The van der Waals surface area contributed by atoms with Crippen molar-refractivity contribution in [3.8, 4) is 0 Å². The van der Waals surface area contributed by atoms with E-state index in [4.69, 9.17) is 5.11 Å². The lowest BCUT2D eigenvalue weighted by molar-refractivity contribution is 0.234. The number of amides is 2. The fourth-order valence-electron chi connectivity index (χ4n) is 1.95. The molecule has 0 atom stereocenters. The molecule has 2 amide bonds. The summed E-state index contributed by atoms with van der Waals surface area (Å²) in [7, 11) is 0. The van der Waals surface area contributed by atoms with E-state index >= 15 is 0 Å². The maximum absolute atomic E-state index is 11.3. The van der Waals surface area contributed by atoms with Gasteiger partial charge in [0.25, 0.3) is 0 Å². The van der Waals surface area contributed by atoms with Crippen LogP contribution in [0.5, 0.6) is 0 Å². The number of rotatable bonds is 5. The summed E-state index contributed by atoms with van der Waals surface area (Å²) in [6.45, 7) is 0.815. The highest BCUT2D eigenvalue weighted by Gasteiger charge is 1.99. The molecule has 0 bridgehead atoms. The smallest absolute Gasteiger partial charge is 0.314 e. The summed E-state index contributed by atoms with van der Waals surface area (Å²) in [6.07, 6.45) is 0.789. The first kappa shape index (κ1) is 13.4. The molecule has 0 spiro atoms. The van der Waals surface area contributed by atoms with E-state index in [1.54, 1.807) is 0 Å². The van der Waals surface area contributed by atoms with E-state index in [1.165, 1.54) is 16.3 Å². The maximum Gasteiger partial charge on any atom is 0.314 e. The van der Waals surface area contributed by atoms with Crippen molar-refractivity contribution >= 4 is 16.8 Å². The number of carbonyl (C=O) groups excluding carboxylic acids is 1. The van der Waals surface area contributed by atoms with Crippen LogP contribution in [0.25, 0.3) is 10.8 Å². The van der Waals surface area contributed by atoms with E-state index in [-0.39, 0.29) is 19.2 Å². The highest BCUT2D eigenvalue weighted by atomic mass is 16.3. The molecule has 0 aliphatic heterocycles. The van der Waals surface area contributed by atoms with Crippen molar-refractivity contribution in [2.45, 2.75) is 6.42 Å². The zero-order chi connectivity index (χ0) is 13.5. The average molecular weight is 258 g/mol. The molecule has 0 radical (unpaired) electrons. The Bertz CT molecular complexity index is 555. The molecule has 0 saturated carbocycles. The van der Waals surface area contributed by atoms with Crippen molar-refractivity contribution in [2.24, 2.45) is 0 Å². The van der Waals surface area contributed by atoms with Gasteiger partial charge in [0.2, 0.25) is 0 Å². The number of nitrogens with one attached hydrogen (secondary N) is 2. The molecule has 2 rings (SSSR count). The summed E-state index contributed by atoms with van der Waals surface area (Å²) in [5.41, 5.74) is 1.20. The summed E-state index contributed by atoms with van der Waals surface area (Å²) in [4.78, 5) is 11.3. The van der Waals surface area contributed by atoms with Crippen LogP contribution in [0.15, 0.2) is 42.5 Å². The van der Waals surface area contributed by atoms with Crippen LogP contribution in [0.2, 0.25) is 0 Å². The summed E-state index contributed by atoms with van der Waals surface area (Å²) < 4.78 is 0. The van der Waals surface area contributed by atoms with Gasteiger partial charge in [-0.25, -0.2) is 4.79 Å². The normalized spacial score (nSPS) is 10.4. The molecule has 0 aliphatic carbocycles. The van der Waals surface area contributed by atoms with Gasteiger partial charge in [-0.1, -0.05) is 42.5 Å². The van der Waals surface area contributed by atoms with Crippen LogP contribution in [0.3, 0.4) is 0 Å². The first-order chi connectivity index (χ1) is 9.29. The minimum Gasteiger partial charge on any atom is -0.395 e. The lowest BCUT2D eigenvalue weighted by atomic mass is 10.1. The number of carbonyl (C=O) groups is 1. The number of benzene rings is 2. The number of hydrogen-bond donors (Lipinski definition) is 3. The van der Waals surface area contributed by atoms with E-state index in [0.29, 0.717) is 6.54 Å². The second-order valence-electron chi connectivity index (χ2n) is 4.34. The fourth-order valence-corrected chi connectivity index (χ4v) is 1.95. The lowest BCUT2D eigenvalue weighted by Crippen LogP contribution is -2.37. The largest absolute Gasteiger partial charge is 0.395 e. The Balaban J connectivity index is 1.86. The summed E-state index contributed by atoms with van der Waals surface area (Å²) >= 11 is 0. The Morgan fingerprint density at radius 3 is 2.53 bits per heavy atom. The number of aliphatic hydroxyl groups excluding tert-OH is 1. The molecule has 100 valence electrons.